The fraction of sp³-hybridized carbons (Fsp3) is 0.0645. The van der Waals surface area contributed by atoms with Crippen molar-refractivity contribution < 1.29 is 18.6 Å². The molecule has 3 heterocycles. The van der Waals surface area contributed by atoms with E-state index < -0.39 is 0 Å². The van der Waals surface area contributed by atoms with Gasteiger partial charge in [0.1, 0.15) is 17.9 Å². The van der Waals surface area contributed by atoms with Gasteiger partial charge in [0.25, 0.3) is 5.56 Å². The van der Waals surface area contributed by atoms with Gasteiger partial charge >= 0.3 is 0 Å². The summed E-state index contributed by atoms with van der Waals surface area (Å²) < 4.78 is 25.1. The van der Waals surface area contributed by atoms with Crippen LogP contribution in [0.4, 0.5) is 0 Å². The molecular formula is C31H20BrN3O5. The summed E-state index contributed by atoms with van der Waals surface area (Å²) in [5.74, 6) is 2.85. The summed E-state index contributed by atoms with van der Waals surface area (Å²) in [7, 11) is 0. The van der Waals surface area contributed by atoms with E-state index in [0.29, 0.717) is 46.2 Å². The molecule has 0 fully saturated rings. The normalized spacial score (nSPS) is 12.5. The number of furan rings is 1. The number of nitrogens with zero attached hydrogens (tertiary/aromatic N) is 3. The first-order valence-corrected chi connectivity index (χ1v) is 13.3. The number of halogens is 1. The monoisotopic (exact) mass is 593 g/mol. The van der Waals surface area contributed by atoms with E-state index in [0.717, 1.165) is 26.7 Å². The summed E-state index contributed by atoms with van der Waals surface area (Å²) in [6, 6.07) is 28.0. The van der Waals surface area contributed by atoms with Crippen molar-refractivity contribution in [1.29, 1.82) is 0 Å². The first-order valence-electron chi connectivity index (χ1n) is 12.5. The van der Waals surface area contributed by atoms with E-state index in [1.165, 1.54) is 4.68 Å². The van der Waals surface area contributed by atoms with Crippen LogP contribution in [0.1, 0.15) is 11.1 Å². The zero-order valence-electron chi connectivity index (χ0n) is 20.9. The van der Waals surface area contributed by atoms with E-state index in [1.54, 1.807) is 24.4 Å². The van der Waals surface area contributed by atoms with Crippen LogP contribution in [-0.2, 0) is 6.61 Å². The molecule has 0 radical (unpaired) electrons. The molecule has 1 aliphatic heterocycles. The second kappa shape index (κ2) is 10.0. The Labute approximate surface area is 236 Å². The Hall–Kier alpha value is -4.89. The molecule has 8 nitrogen and oxygen atoms in total. The first-order chi connectivity index (χ1) is 19.6. The van der Waals surface area contributed by atoms with E-state index in [9.17, 15) is 4.79 Å². The molecule has 0 unspecified atom stereocenters. The van der Waals surface area contributed by atoms with E-state index in [4.69, 9.17) is 23.6 Å². The Morgan fingerprint density at radius 1 is 0.950 bits per heavy atom. The summed E-state index contributed by atoms with van der Waals surface area (Å²) in [5, 5.41) is 5.90. The molecule has 0 aliphatic carbocycles. The predicted molar refractivity (Wildman–Crippen MR) is 155 cm³/mol. The molecule has 0 atom stereocenters. The minimum atomic E-state index is -0.298. The van der Waals surface area contributed by atoms with Gasteiger partial charge in [0, 0.05) is 9.86 Å². The lowest BCUT2D eigenvalue weighted by atomic mass is 10.2. The number of benzene rings is 4. The van der Waals surface area contributed by atoms with Crippen LogP contribution in [-0.4, -0.2) is 22.7 Å². The maximum atomic E-state index is 13.5. The highest BCUT2D eigenvalue weighted by Gasteiger charge is 2.17. The van der Waals surface area contributed by atoms with E-state index in [-0.39, 0.29) is 12.4 Å². The lowest BCUT2D eigenvalue weighted by molar-refractivity contribution is 0.174. The molecule has 6 aromatic rings. The standard InChI is InChI=1S/C31H20BrN3O5/c32-22-9-11-26-21(14-22)15-29(40-26)30-34-25-7-2-1-6-24(25)31(36)35(30)33-16-19-4-3-5-23(12-19)37-17-20-8-10-27-28(13-20)39-18-38-27/h1-16H,17-18H2. The summed E-state index contributed by atoms with van der Waals surface area (Å²) in [6.45, 7) is 0.588. The highest BCUT2D eigenvalue weighted by molar-refractivity contribution is 9.10. The van der Waals surface area contributed by atoms with Crippen molar-refractivity contribution in [2.45, 2.75) is 6.61 Å². The van der Waals surface area contributed by atoms with Crippen molar-refractivity contribution in [3.63, 3.8) is 0 Å². The molecule has 0 spiro atoms. The molecule has 1 aliphatic rings. The van der Waals surface area contributed by atoms with Crippen molar-refractivity contribution in [1.82, 2.24) is 9.66 Å². The van der Waals surface area contributed by atoms with Gasteiger partial charge in [-0.15, -0.1) is 0 Å². The molecule has 7 rings (SSSR count). The zero-order valence-corrected chi connectivity index (χ0v) is 22.5. The Balaban J connectivity index is 1.22. The fourth-order valence-corrected chi connectivity index (χ4v) is 4.90. The largest absolute Gasteiger partial charge is 0.489 e. The van der Waals surface area contributed by atoms with Crippen LogP contribution < -0.4 is 19.8 Å². The number of fused-ring (bicyclic) bond motifs is 3. The quantitative estimate of drug-likeness (QED) is 0.198. The number of ether oxygens (including phenoxy) is 3. The Kier molecular flexibility index (Phi) is 6.05. The van der Waals surface area contributed by atoms with Gasteiger partial charge in [0.05, 0.1) is 17.1 Å². The molecule has 196 valence electrons. The fourth-order valence-electron chi connectivity index (χ4n) is 4.52. The SMILES string of the molecule is O=c1c2ccccc2nc(-c2cc3cc(Br)ccc3o2)n1N=Cc1cccc(OCc2ccc3c(c2)OCO3)c1. The molecule has 0 amide bonds. The molecular weight excluding hydrogens is 574 g/mol. The maximum Gasteiger partial charge on any atom is 0.282 e. The van der Waals surface area contributed by atoms with Gasteiger partial charge in [0.15, 0.2) is 17.3 Å². The first kappa shape index (κ1) is 24.2. The molecule has 2 aromatic heterocycles. The van der Waals surface area contributed by atoms with Gasteiger partial charge < -0.3 is 18.6 Å². The molecule has 40 heavy (non-hydrogen) atoms. The van der Waals surface area contributed by atoms with Crippen LogP contribution in [0.3, 0.4) is 0 Å². The second-order valence-corrected chi connectivity index (χ2v) is 10.1. The van der Waals surface area contributed by atoms with Gasteiger partial charge in [0.2, 0.25) is 12.6 Å². The minimum absolute atomic E-state index is 0.229. The Bertz CT molecular complexity index is 2000. The van der Waals surface area contributed by atoms with Crippen molar-refractivity contribution in [3.05, 3.63) is 117 Å². The van der Waals surface area contributed by atoms with Gasteiger partial charge in [-0.05, 0) is 71.8 Å². The topological polar surface area (TPSA) is 88.1 Å². The lowest BCUT2D eigenvalue weighted by Gasteiger charge is -2.08. The van der Waals surface area contributed by atoms with Gasteiger partial charge in [-0.3, -0.25) is 4.79 Å². The van der Waals surface area contributed by atoms with E-state index >= 15 is 0 Å². The number of hydrogen-bond acceptors (Lipinski definition) is 7. The van der Waals surface area contributed by atoms with Gasteiger partial charge in [-0.2, -0.15) is 9.78 Å². The smallest absolute Gasteiger partial charge is 0.282 e. The number of hydrogen-bond donors (Lipinski definition) is 0. The van der Waals surface area contributed by atoms with Crippen LogP contribution in [0.25, 0.3) is 33.5 Å². The molecule has 0 saturated heterocycles. The third-order valence-corrected chi connectivity index (χ3v) is 6.97. The summed E-state index contributed by atoms with van der Waals surface area (Å²) in [4.78, 5) is 18.3. The van der Waals surface area contributed by atoms with Crippen molar-refractivity contribution >= 4 is 44.0 Å². The van der Waals surface area contributed by atoms with Crippen LogP contribution in [0, 0.1) is 0 Å². The average molecular weight is 594 g/mol. The molecule has 9 heteroatoms. The van der Waals surface area contributed by atoms with Crippen LogP contribution in [0.5, 0.6) is 17.2 Å². The molecule has 4 aromatic carbocycles. The van der Waals surface area contributed by atoms with E-state index in [1.807, 2.05) is 72.8 Å². The van der Waals surface area contributed by atoms with Crippen molar-refractivity contribution in [2.75, 3.05) is 6.79 Å². The molecule has 0 N–H and O–H groups in total. The van der Waals surface area contributed by atoms with Crippen molar-refractivity contribution in [3.8, 4) is 28.8 Å². The molecule has 0 saturated carbocycles. The van der Waals surface area contributed by atoms with Gasteiger partial charge in [-0.25, -0.2) is 4.98 Å². The predicted octanol–water partition coefficient (Wildman–Crippen LogP) is 6.76. The Morgan fingerprint density at radius 3 is 2.80 bits per heavy atom. The third kappa shape index (κ3) is 4.60. The lowest BCUT2D eigenvalue weighted by Crippen LogP contribution is -2.20. The summed E-state index contributed by atoms with van der Waals surface area (Å²) >= 11 is 3.49. The zero-order chi connectivity index (χ0) is 27.1. The minimum Gasteiger partial charge on any atom is -0.489 e. The number of para-hydroxylation sites is 1. The van der Waals surface area contributed by atoms with Crippen molar-refractivity contribution in [2.24, 2.45) is 5.10 Å². The maximum absolute atomic E-state index is 13.5. The number of aromatic nitrogens is 2. The average Bonchev–Trinajstić information content (AvgIpc) is 3.62. The van der Waals surface area contributed by atoms with Gasteiger partial charge in [-0.1, -0.05) is 46.3 Å². The highest BCUT2D eigenvalue weighted by atomic mass is 79.9. The molecule has 0 bridgehead atoms. The van der Waals surface area contributed by atoms with Crippen LogP contribution in [0.2, 0.25) is 0 Å². The summed E-state index contributed by atoms with van der Waals surface area (Å²) in [5.41, 5.74) is 2.66. The summed E-state index contributed by atoms with van der Waals surface area (Å²) in [6.07, 6.45) is 1.61. The number of rotatable bonds is 6. The second-order valence-electron chi connectivity index (χ2n) is 9.16. The van der Waals surface area contributed by atoms with Crippen LogP contribution >= 0.6 is 15.9 Å². The van der Waals surface area contributed by atoms with Crippen LogP contribution in [0.15, 0.2) is 110 Å². The Morgan fingerprint density at radius 2 is 1.85 bits per heavy atom. The highest BCUT2D eigenvalue weighted by Crippen LogP contribution is 2.33. The third-order valence-electron chi connectivity index (χ3n) is 6.48. The van der Waals surface area contributed by atoms with E-state index in [2.05, 4.69) is 21.0 Å².